The molecule has 4 heteroatoms. The number of nitrogens with zero attached hydrogens (tertiary/aromatic N) is 1. The van der Waals surface area contributed by atoms with Crippen molar-refractivity contribution in [2.75, 3.05) is 6.54 Å². The Morgan fingerprint density at radius 2 is 2.00 bits per heavy atom. The number of hydrogen-bond donors (Lipinski definition) is 1. The van der Waals surface area contributed by atoms with Gasteiger partial charge < -0.3 is 5.73 Å². The molecule has 1 unspecified atom stereocenters. The molecule has 0 radical (unpaired) electrons. The summed E-state index contributed by atoms with van der Waals surface area (Å²) < 4.78 is 12.8. The summed E-state index contributed by atoms with van der Waals surface area (Å²) in [5, 5.41) is 2.05. The zero-order valence-electron chi connectivity index (χ0n) is 9.47. The van der Waals surface area contributed by atoms with Crippen molar-refractivity contribution in [1.29, 1.82) is 0 Å². The Morgan fingerprint density at radius 3 is 2.59 bits per heavy atom. The van der Waals surface area contributed by atoms with Crippen molar-refractivity contribution in [2.45, 2.75) is 12.8 Å². The summed E-state index contributed by atoms with van der Waals surface area (Å²) in [6, 6.07) is 6.62. The van der Waals surface area contributed by atoms with Gasteiger partial charge in [-0.1, -0.05) is 12.1 Å². The van der Waals surface area contributed by atoms with Gasteiger partial charge in [-0.25, -0.2) is 9.37 Å². The average Bonchev–Trinajstić information content (AvgIpc) is 2.84. The van der Waals surface area contributed by atoms with E-state index in [0.29, 0.717) is 12.5 Å². The van der Waals surface area contributed by atoms with Gasteiger partial charge in [0.2, 0.25) is 0 Å². The van der Waals surface area contributed by atoms with Crippen LogP contribution < -0.4 is 5.73 Å². The van der Waals surface area contributed by atoms with Gasteiger partial charge in [-0.2, -0.15) is 0 Å². The molecule has 0 amide bonds. The number of halogens is 1. The first kappa shape index (κ1) is 12.2. The Kier molecular flexibility index (Phi) is 4.23. The molecule has 17 heavy (non-hydrogen) atoms. The smallest absolute Gasteiger partial charge is 0.123 e. The topological polar surface area (TPSA) is 38.9 Å². The summed E-state index contributed by atoms with van der Waals surface area (Å²) in [6.45, 7) is 0.620. The second-order valence-corrected chi connectivity index (χ2v) is 4.83. The van der Waals surface area contributed by atoms with E-state index in [1.807, 2.05) is 23.0 Å². The van der Waals surface area contributed by atoms with E-state index in [-0.39, 0.29) is 5.82 Å². The van der Waals surface area contributed by atoms with Gasteiger partial charge in [0.05, 0.1) is 11.2 Å². The van der Waals surface area contributed by atoms with E-state index in [9.17, 15) is 4.39 Å². The van der Waals surface area contributed by atoms with Crippen molar-refractivity contribution in [2.24, 2.45) is 11.7 Å². The van der Waals surface area contributed by atoms with E-state index in [1.54, 1.807) is 11.3 Å². The van der Waals surface area contributed by atoms with E-state index >= 15 is 0 Å². The molecule has 0 aliphatic carbocycles. The first-order valence-electron chi connectivity index (χ1n) is 5.59. The number of hydrogen-bond acceptors (Lipinski definition) is 3. The molecule has 2 N–H and O–H groups in total. The molecule has 0 fully saturated rings. The highest BCUT2D eigenvalue weighted by molar-refractivity contribution is 7.07. The van der Waals surface area contributed by atoms with Crippen molar-refractivity contribution in [3.8, 4) is 0 Å². The van der Waals surface area contributed by atoms with Gasteiger partial charge in [-0.3, -0.25) is 0 Å². The first-order valence-corrected chi connectivity index (χ1v) is 6.54. The van der Waals surface area contributed by atoms with Crippen molar-refractivity contribution < 1.29 is 4.39 Å². The standard InChI is InChI=1S/C13H15FN2S/c14-12-3-1-10(2-4-12)5-11(7-15)6-13-8-17-9-16-13/h1-4,8-9,11H,5-7,15H2. The van der Waals surface area contributed by atoms with Crippen LogP contribution in [0.5, 0.6) is 0 Å². The van der Waals surface area contributed by atoms with Crippen molar-refractivity contribution in [3.63, 3.8) is 0 Å². The number of aromatic nitrogens is 1. The predicted octanol–water partition coefficient (Wildman–Crippen LogP) is 2.64. The van der Waals surface area contributed by atoms with Crippen LogP contribution >= 0.6 is 11.3 Å². The Bertz CT molecular complexity index is 439. The van der Waals surface area contributed by atoms with Crippen molar-refractivity contribution in [1.82, 2.24) is 4.98 Å². The van der Waals surface area contributed by atoms with Crippen LogP contribution in [0.15, 0.2) is 35.2 Å². The molecular weight excluding hydrogens is 235 g/mol. The number of rotatable bonds is 5. The molecule has 1 atom stereocenters. The zero-order chi connectivity index (χ0) is 12.1. The third kappa shape index (κ3) is 3.61. The highest BCUT2D eigenvalue weighted by Gasteiger charge is 2.10. The Labute approximate surface area is 104 Å². The van der Waals surface area contributed by atoms with E-state index in [4.69, 9.17) is 5.73 Å². The average molecular weight is 250 g/mol. The Hall–Kier alpha value is -1.26. The highest BCUT2D eigenvalue weighted by Crippen LogP contribution is 2.14. The minimum Gasteiger partial charge on any atom is -0.330 e. The highest BCUT2D eigenvalue weighted by atomic mass is 32.1. The molecule has 2 aromatic rings. The summed E-state index contributed by atoms with van der Waals surface area (Å²) in [5.74, 6) is 0.167. The number of nitrogens with two attached hydrogens (primary N) is 1. The second kappa shape index (κ2) is 5.89. The third-order valence-electron chi connectivity index (χ3n) is 2.75. The summed E-state index contributed by atoms with van der Waals surface area (Å²) in [5.41, 5.74) is 9.82. The maximum absolute atomic E-state index is 12.8. The predicted molar refractivity (Wildman–Crippen MR) is 68.5 cm³/mol. The fraction of sp³-hybridized carbons (Fsp3) is 0.308. The van der Waals surface area contributed by atoms with Gasteiger partial charge in [-0.05, 0) is 43.0 Å². The molecule has 90 valence electrons. The zero-order valence-corrected chi connectivity index (χ0v) is 10.3. The molecule has 0 saturated heterocycles. The molecule has 0 aliphatic rings. The minimum absolute atomic E-state index is 0.197. The molecule has 0 bridgehead atoms. The number of benzene rings is 1. The molecule has 2 rings (SSSR count). The Morgan fingerprint density at radius 1 is 1.24 bits per heavy atom. The molecular formula is C13H15FN2S. The van der Waals surface area contributed by atoms with E-state index in [0.717, 1.165) is 24.1 Å². The molecule has 1 heterocycles. The van der Waals surface area contributed by atoms with Crippen LogP contribution in [0.1, 0.15) is 11.3 Å². The van der Waals surface area contributed by atoms with E-state index in [2.05, 4.69) is 4.98 Å². The normalized spacial score (nSPS) is 12.6. The molecule has 0 aliphatic heterocycles. The van der Waals surface area contributed by atoms with Crippen LogP contribution in [0, 0.1) is 11.7 Å². The third-order valence-corrected chi connectivity index (χ3v) is 3.39. The van der Waals surface area contributed by atoms with Gasteiger partial charge in [0.1, 0.15) is 5.82 Å². The van der Waals surface area contributed by atoms with E-state index in [1.165, 1.54) is 12.1 Å². The van der Waals surface area contributed by atoms with Gasteiger partial charge in [0.25, 0.3) is 0 Å². The number of thiazole rings is 1. The quantitative estimate of drug-likeness (QED) is 0.886. The first-order chi connectivity index (χ1) is 8.28. The molecule has 2 nitrogen and oxygen atoms in total. The lowest BCUT2D eigenvalue weighted by Gasteiger charge is -2.13. The van der Waals surface area contributed by atoms with Crippen LogP contribution in [0.2, 0.25) is 0 Å². The minimum atomic E-state index is -0.197. The maximum atomic E-state index is 12.8. The van der Waals surface area contributed by atoms with Crippen molar-refractivity contribution in [3.05, 3.63) is 52.2 Å². The lowest BCUT2D eigenvalue weighted by atomic mass is 9.95. The maximum Gasteiger partial charge on any atom is 0.123 e. The fourth-order valence-corrected chi connectivity index (χ4v) is 2.40. The molecule has 1 aromatic heterocycles. The largest absolute Gasteiger partial charge is 0.330 e. The molecule has 1 aromatic carbocycles. The van der Waals surface area contributed by atoms with Crippen LogP contribution in [-0.4, -0.2) is 11.5 Å². The lowest BCUT2D eigenvalue weighted by Crippen LogP contribution is -2.19. The van der Waals surface area contributed by atoms with Crippen LogP contribution in [-0.2, 0) is 12.8 Å². The summed E-state index contributed by atoms with van der Waals surface area (Å²) in [4.78, 5) is 4.26. The van der Waals surface area contributed by atoms with Crippen LogP contribution in [0.4, 0.5) is 4.39 Å². The van der Waals surface area contributed by atoms with Gasteiger partial charge in [0.15, 0.2) is 0 Å². The molecule has 0 spiro atoms. The van der Waals surface area contributed by atoms with Gasteiger partial charge in [-0.15, -0.1) is 11.3 Å². The lowest BCUT2D eigenvalue weighted by molar-refractivity contribution is 0.527. The Balaban J connectivity index is 1.97. The monoisotopic (exact) mass is 250 g/mol. The summed E-state index contributed by atoms with van der Waals surface area (Å²) in [7, 11) is 0. The second-order valence-electron chi connectivity index (χ2n) is 4.12. The fourth-order valence-electron chi connectivity index (χ4n) is 1.83. The summed E-state index contributed by atoms with van der Waals surface area (Å²) in [6.07, 6.45) is 1.76. The van der Waals surface area contributed by atoms with Gasteiger partial charge in [0, 0.05) is 5.38 Å². The van der Waals surface area contributed by atoms with Crippen LogP contribution in [0.3, 0.4) is 0 Å². The summed E-state index contributed by atoms with van der Waals surface area (Å²) >= 11 is 1.60. The molecule has 0 saturated carbocycles. The van der Waals surface area contributed by atoms with Gasteiger partial charge >= 0.3 is 0 Å². The van der Waals surface area contributed by atoms with Crippen molar-refractivity contribution >= 4 is 11.3 Å². The van der Waals surface area contributed by atoms with Crippen LogP contribution in [0.25, 0.3) is 0 Å². The SMILES string of the molecule is NCC(Cc1ccc(F)cc1)Cc1cscn1. The van der Waals surface area contributed by atoms with E-state index < -0.39 is 0 Å².